The van der Waals surface area contributed by atoms with Crippen LogP contribution in [0.1, 0.15) is 18.4 Å². The number of rotatable bonds is 5. The Morgan fingerprint density at radius 2 is 1.54 bits per heavy atom. The fourth-order valence-corrected chi connectivity index (χ4v) is 5.08. The average Bonchev–Trinajstić information content (AvgIpc) is 2.90. The van der Waals surface area contributed by atoms with Gasteiger partial charge < -0.3 is 10.4 Å². The molecule has 0 amide bonds. The predicted octanol–water partition coefficient (Wildman–Crippen LogP) is 6.23. The van der Waals surface area contributed by atoms with Crippen LogP contribution in [-0.4, -0.2) is 39.3 Å². The summed E-state index contributed by atoms with van der Waals surface area (Å²) >= 11 is 0. The van der Waals surface area contributed by atoms with Gasteiger partial charge in [-0.05, 0) is 53.4 Å². The number of hydrogen-bond donors (Lipinski definition) is 2. The molecule has 0 radical (unpaired) electrons. The van der Waals surface area contributed by atoms with Gasteiger partial charge in [0, 0.05) is 42.0 Å². The van der Waals surface area contributed by atoms with E-state index >= 15 is 0 Å². The Bertz CT molecular complexity index is 1480. The Balaban J connectivity index is 1.16. The molecule has 0 aliphatic carbocycles. The molecule has 6 rings (SSSR count). The molecule has 5 heteroatoms. The topological polar surface area (TPSA) is 61.3 Å². The normalized spacial score (nSPS) is 15.0. The van der Waals surface area contributed by atoms with Gasteiger partial charge in [-0.1, -0.05) is 66.7 Å². The number of anilines is 1. The minimum absolute atomic E-state index is 0.234. The van der Waals surface area contributed by atoms with Crippen LogP contribution in [0.4, 0.5) is 5.82 Å². The summed E-state index contributed by atoms with van der Waals surface area (Å²) in [5.74, 6) is 0.973. The molecule has 1 aromatic heterocycles. The highest BCUT2D eigenvalue weighted by molar-refractivity contribution is 6.00. The van der Waals surface area contributed by atoms with E-state index in [0.717, 1.165) is 60.3 Å². The Morgan fingerprint density at radius 3 is 2.37 bits per heavy atom. The summed E-state index contributed by atoms with van der Waals surface area (Å²) in [5.41, 5.74) is 3.21. The first-order valence-corrected chi connectivity index (χ1v) is 12.2. The predicted molar refractivity (Wildman–Crippen MR) is 143 cm³/mol. The summed E-state index contributed by atoms with van der Waals surface area (Å²) in [4.78, 5) is 2.52. The monoisotopic (exact) mass is 460 g/mol. The first-order chi connectivity index (χ1) is 17.2. The quantitative estimate of drug-likeness (QED) is 0.325. The molecule has 0 saturated carbocycles. The second-order valence-corrected chi connectivity index (χ2v) is 9.37. The van der Waals surface area contributed by atoms with E-state index in [9.17, 15) is 5.11 Å². The van der Waals surface area contributed by atoms with Crippen molar-refractivity contribution in [1.29, 1.82) is 0 Å². The number of phenolic OH excluding ortho intramolecular Hbond substituents is 1. The molecule has 1 aliphatic heterocycles. The summed E-state index contributed by atoms with van der Waals surface area (Å²) in [6.45, 7) is 3.03. The van der Waals surface area contributed by atoms with Gasteiger partial charge in [0.25, 0.3) is 0 Å². The lowest BCUT2D eigenvalue weighted by Crippen LogP contribution is -2.38. The van der Waals surface area contributed by atoms with Crippen molar-refractivity contribution in [3.63, 3.8) is 0 Å². The molecule has 2 heterocycles. The molecule has 0 unspecified atom stereocenters. The van der Waals surface area contributed by atoms with Crippen LogP contribution < -0.4 is 5.32 Å². The summed E-state index contributed by atoms with van der Waals surface area (Å²) in [6, 6.07) is 31.1. The number of aromatic nitrogens is 2. The van der Waals surface area contributed by atoms with E-state index in [4.69, 9.17) is 0 Å². The van der Waals surface area contributed by atoms with E-state index < -0.39 is 0 Å². The van der Waals surface area contributed by atoms with Crippen molar-refractivity contribution >= 4 is 27.4 Å². The first kappa shape index (κ1) is 21.6. The SMILES string of the molecule is Oc1ccc2c(-c3ccccc3)nnc(NC3CCN(Cc4ccc5ccccc5c4)CC3)c2c1. The Labute approximate surface area is 205 Å². The van der Waals surface area contributed by atoms with E-state index in [0.29, 0.717) is 6.04 Å². The zero-order valence-corrected chi connectivity index (χ0v) is 19.6. The van der Waals surface area contributed by atoms with Gasteiger partial charge in [-0.15, -0.1) is 10.2 Å². The van der Waals surface area contributed by atoms with Crippen LogP contribution in [0.2, 0.25) is 0 Å². The van der Waals surface area contributed by atoms with Crippen LogP contribution in [0.15, 0.2) is 91.0 Å². The molecule has 174 valence electrons. The minimum Gasteiger partial charge on any atom is -0.508 e. The van der Waals surface area contributed by atoms with E-state index in [1.54, 1.807) is 12.1 Å². The van der Waals surface area contributed by atoms with Crippen molar-refractivity contribution in [3.8, 4) is 17.0 Å². The number of phenols is 1. The van der Waals surface area contributed by atoms with Crippen LogP contribution in [0.3, 0.4) is 0 Å². The van der Waals surface area contributed by atoms with Crippen molar-refractivity contribution in [2.24, 2.45) is 0 Å². The van der Waals surface area contributed by atoms with Gasteiger partial charge in [0.05, 0.1) is 0 Å². The molecular formula is C30H28N4O. The van der Waals surface area contributed by atoms with Gasteiger partial charge in [-0.3, -0.25) is 4.90 Å². The highest BCUT2D eigenvalue weighted by Crippen LogP contribution is 2.33. The minimum atomic E-state index is 0.234. The molecule has 5 aromatic rings. The number of likely N-dealkylation sites (tertiary alicyclic amines) is 1. The van der Waals surface area contributed by atoms with Gasteiger partial charge in [0.15, 0.2) is 5.82 Å². The molecule has 4 aromatic carbocycles. The summed E-state index contributed by atoms with van der Waals surface area (Å²) in [5, 5.41) is 27.4. The van der Waals surface area contributed by atoms with Gasteiger partial charge in [-0.25, -0.2) is 0 Å². The number of nitrogens with one attached hydrogen (secondary N) is 1. The molecule has 2 N–H and O–H groups in total. The van der Waals surface area contributed by atoms with Crippen LogP contribution in [0.5, 0.6) is 5.75 Å². The molecule has 5 nitrogen and oxygen atoms in total. The fourth-order valence-electron chi connectivity index (χ4n) is 5.08. The smallest absolute Gasteiger partial charge is 0.156 e. The van der Waals surface area contributed by atoms with Crippen LogP contribution in [-0.2, 0) is 6.54 Å². The van der Waals surface area contributed by atoms with Crippen molar-refractivity contribution in [2.45, 2.75) is 25.4 Å². The molecular weight excluding hydrogens is 432 g/mol. The highest BCUT2D eigenvalue weighted by Gasteiger charge is 2.21. The third kappa shape index (κ3) is 4.55. The van der Waals surface area contributed by atoms with E-state index in [2.05, 4.69) is 62.9 Å². The average molecular weight is 461 g/mol. The molecule has 0 spiro atoms. The third-order valence-corrected chi connectivity index (χ3v) is 6.96. The maximum atomic E-state index is 10.2. The van der Waals surface area contributed by atoms with Gasteiger partial charge in [0.2, 0.25) is 0 Å². The largest absolute Gasteiger partial charge is 0.508 e. The van der Waals surface area contributed by atoms with Crippen LogP contribution >= 0.6 is 0 Å². The second kappa shape index (κ2) is 9.35. The van der Waals surface area contributed by atoms with Crippen molar-refractivity contribution < 1.29 is 5.11 Å². The third-order valence-electron chi connectivity index (χ3n) is 6.96. The van der Waals surface area contributed by atoms with Gasteiger partial charge in [-0.2, -0.15) is 0 Å². The summed E-state index contributed by atoms with van der Waals surface area (Å²) < 4.78 is 0. The Kier molecular flexibility index (Phi) is 5.76. The maximum Gasteiger partial charge on any atom is 0.156 e. The number of benzene rings is 4. The Hall–Kier alpha value is -3.96. The molecule has 0 atom stereocenters. The van der Waals surface area contributed by atoms with Crippen molar-refractivity contribution in [2.75, 3.05) is 18.4 Å². The van der Waals surface area contributed by atoms with Gasteiger partial charge in [0.1, 0.15) is 11.4 Å². The number of nitrogens with zero attached hydrogens (tertiary/aromatic N) is 3. The highest BCUT2D eigenvalue weighted by atomic mass is 16.3. The summed E-state index contributed by atoms with van der Waals surface area (Å²) in [7, 11) is 0. The van der Waals surface area contributed by atoms with Crippen molar-refractivity contribution in [3.05, 3.63) is 96.6 Å². The number of aromatic hydroxyl groups is 1. The van der Waals surface area contributed by atoms with Crippen LogP contribution in [0.25, 0.3) is 32.8 Å². The molecule has 1 fully saturated rings. The lowest BCUT2D eigenvalue weighted by atomic mass is 10.0. The zero-order chi connectivity index (χ0) is 23.6. The molecule has 0 bridgehead atoms. The van der Waals surface area contributed by atoms with Crippen molar-refractivity contribution in [1.82, 2.24) is 15.1 Å². The standard InChI is InChI=1S/C30H28N4O/c35-26-12-13-27-28(19-26)30(33-32-29(27)23-7-2-1-3-8-23)31-25-14-16-34(17-15-25)20-21-10-11-22-6-4-5-9-24(22)18-21/h1-13,18-19,25,35H,14-17,20H2,(H,31,33). The molecule has 1 aliphatic rings. The lowest BCUT2D eigenvalue weighted by molar-refractivity contribution is 0.211. The first-order valence-electron chi connectivity index (χ1n) is 12.2. The van der Waals surface area contributed by atoms with E-state index in [-0.39, 0.29) is 5.75 Å². The molecule has 1 saturated heterocycles. The lowest BCUT2D eigenvalue weighted by Gasteiger charge is -2.32. The molecule has 35 heavy (non-hydrogen) atoms. The van der Waals surface area contributed by atoms with Crippen LogP contribution in [0, 0.1) is 0 Å². The maximum absolute atomic E-state index is 10.2. The number of fused-ring (bicyclic) bond motifs is 2. The second-order valence-electron chi connectivity index (χ2n) is 9.37. The Morgan fingerprint density at radius 1 is 0.771 bits per heavy atom. The zero-order valence-electron chi connectivity index (χ0n) is 19.6. The van der Waals surface area contributed by atoms with Gasteiger partial charge >= 0.3 is 0 Å². The van der Waals surface area contributed by atoms with E-state index in [1.807, 2.05) is 36.4 Å². The fraction of sp³-hybridized carbons (Fsp3) is 0.200. The van der Waals surface area contributed by atoms with E-state index in [1.165, 1.54) is 16.3 Å². The summed E-state index contributed by atoms with van der Waals surface area (Å²) in [6.07, 6.45) is 2.08. The number of piperidine rings is 1. The number of hydrogen-bond acceptors (Lipinski definition) is 5.